The summed E-state index contributed by atoms with van der Waals surface area (Å²) < 4.78 is 48.3. The van der Waals surface area contributed by atoms with E-state index in [9.17, 15) is 27.6 Å². The van der Waals surface area contributed by atoms with E-state index in [2.05, 4.69) is 0 Å². The molecular weight excluding hydrogens is 439 g/mol. The molecule has 1 aromatic carbocycles. The number of nitrogens with zero attached hydrogens (tertiary/aromatic N) is 1. The molecule has 0 saturated carbocycles. The zero-order chi connectivity index (χ0) is 24.3. The second-order valence-corrected chi connectivity index (χ2v) is 7.46. The SMILES string of the molecule is CCOC(=O)CCC/C=C\CN1C(=O)CCC1/C=C/C(=O)COc1cccc(C(F)(F)F)c1. The number of ether oxygens (including phenoxy) is 2. The summed E-state index contributed by atoms with van der Waals surface area (Å²) in [4.78, 5) is 37.2. The van der Waals surface area contributed by atoms with Gasteiger partial charge in [0.15, 0.2) is 12.4 Å². The van der Waals surface area contributed by atoms with Gasteiger partial charge in [-0.15, -0.1) is 0 Å². The number of halogens is 3. The van der Waals surface area contributed by atoms with Gasteiger partial charge in [-0.3, -0.25) is 14.4 Å². The number of carbonyl (C=O) groups excluding carboxylic acids is 3. The summed E-state index contributed by atoms with van der Waals surface area (Å²) >= 11 is 0. The molecule has 0 radical (unpaired) electrons. The van der Waals surface area contributed by atoms with Crippen molar-refractivity contribution in [2.75, 3.05) is 19.8 Å². The third-order valence-electron chi connectivity index (χ3n) is 4.95. The van der Waals surface area contributed by atoms with E-state index < -0.39 is 24.1 Å². The smallest absolute Gasteiger partial charge is 0.416 e. The van der Waals surface area contributed by atoms with Crippen LogP contribution in [0.25, 0.3) is 0 Å². The van der Waals surface area contributed by atoms with Crippen LogP contribution in [-0.2, 0) is 25.3 Å². The van der Waals surface area contributed by atoms with E-state index >= 15 is 0 Å². The lowest BCUT2D eigenvalue weighted by atomic mass is 10.2. The van der Waals surface area contributed by atoms with E-state index in [1.165, 1.54) is 18.2 Å². The quantitative estimate of drug-likeness (QED) is 0.196. The van der Waals surface area contributed by atoms with Crippen molar-refractivity contribution in [3.63, 3.8) is 0 Å². The fraction of sp³-hybridized carbons (Fsp3) is 0.458. The molecular formula is C24H28F3NO5. The minimum absolute atomic E-state index is 0.0199. The first-order valence-corrected chi connectivity index (χ1v) is 10.8. The molecule has 2 rings (SSSR count). The lowest BCUT2D eigenvalue weighted by Crippen LogP contribution is -2.32. The Morgan fingerprint density at radius 2 is 2.03 bits per heavy atom. The highest BCUT2D eigenvalue weighted by Crippen LogP contribution is 2.31. The lowest BCUT2D eigenvalue weighted by molar-refractivity contribution is -0.143. The summed E-state index contributed by atoms with van der Waals surface area (Å²) in [5, 5.41) is 0. The summed E-state index contributed by atoms with van der Waals surface area (Å²) in [5.41, 5.74) is -0.850. The summed E-state index contributed by atoms with van der Waals surface area (Å²) in [6, 6.07) is 4.09. The summed E-state index contributed by atoms with van der Waals surface area (Å²) in [6.07, 6.45) is 4.83. The number of allylic oxidation sites excluding steroid dienone is 1. The minimum Gasteiger partial charge on any atom is -0.485 e. The highest BCUT2D eigenvalue weighted by atomic mass is 19.4. The van der Waals surface area contributed by atoms with Crippen LogP contribution in [0.1, 0.15) is 44.6 Å². The third kappa shape index (κ3) is 9.11. The first kappa shape index (κ1) is 26.2. The first-order chi connectivity index (χ1) is 15.7. The zero-order valence-electron chi connectivity index (χ0n) is 18.5. The van der Waals surface area contributed by atoms with Gasteiger partial charge < -0.3 is 14.4 Å². The fourth-order valence-corrected chi connectivity index (χ4v) is 3.28. The van der Waals surface area contributed by atoms with Crippen molar-refractivity contribution in [1.82, 2.24) is 4.90 Å². The van der Waals surface area contributed by atoms with Crippen LogP contribution in [0.4, 0.5) is 13.2 Å². The van der Waals surface area contributed by atoms with Gasteiger partial charge in [0.1, 0.15) is 5.75 Å². The molecule has 0 spiro atoms. The monoisotopic (exact) mass is 467 g/mol. The van der Waals surface area contributed by atoms with E-state index in [4.69, 9.17) is 9.47 Å². The number of benzene rings is 1. The minimum atomic E-state index is -4.49. The second-order valence-electron chi connectivity index (χ2n) is 7.46. The lowest BCUT2D eigenvalue weighted by Gasteiger charge is -2.20. The van der Waals surface area contributed by atoms with Crippen LogP contribution in [0.3, 0.4) is 0 Å². The molecule has 9 heteroatoms. The predicted octanol–water partition coefficient (Wildman–Crippen LogP) is 4.49. The molecule has 1 aliphatic heterocycles. The average Bonchev–Trinajstić information content (AvgIpc) is 3.12. The number of rotatable bonds is 12. The number of likely N-dealkylation sites (tertiary alicyclic amines) is 1. The van der Waals surface area contributed by atoms with E-state index in [1.807, 2.05) is 12.2 Å². The Bertz CT molecular complexity index is 879. The average molecular weight is 467 g/mol. The van der Waals surface area contributed by atoms with Crippen LogP contribution in [-0.4, -0.2) is 48.4 Å². The van der Waals surface area contributed by atoms with Gasteiger partial charge in [0.05, 0.1) is 18.2 Å². The van der Waals surface area contributed by atoms with Gasteiger partial charge in [-0.05, 0) is 50.5 Å². The third-order valence-corrected chi connectivity index (χ3v) is 4.95. The van der Waals surface area contributed by atoms with E-state index in [1.54, 1.807) is 17.9 Å². The summed E-state index contributed by atoms with van der Waals surface area (Å²) in [5.74, 6) is -0.709. The van der Waals surface area contributed by atoms with Crippen LogP contribution in [0.15, 0.2) is 48.6 Å². The summed E-state index contributed by atoms with van der Waals surface area (Å²) in [6.45, 7) is 2.11. The number of hydrogen-bond donors (Lipinski definition) is 0. The number of unbranched alkanes of at least 4 members (excludes halogenated alkanes) is 1. The maximum Gasteiger partial charge on any atom is 0.416 e. The normalized spacial score (nSPS) is 16.7. The van der Waals surface area contributed by atoms with Crippen molar-refractivity contribution in [2.45, 2.75) is 51.2 Å². The highest BCUT2D eigenvalue weighted by Gasteiger charge is 2.30. The molecule has 1 aliphatic rings. The number of alkyl halides is 3. The molecule has 1 saturated heterocycles. The number of ketones is 1. The molecule has 0 aliphatic carbocycles. The van der Waals surface area contributed by atoms with Crippen molar-refractivity contribution >= 4 is 17.7 Å². The van der Waals surface area contributed by atoms with Crippen molar-refractivity contribution < 1.29 is 37.0 Å². The molecule has 1 fully saturated rings. The molecule has 1 heterocycles. The molecule has 1 atom stereocenters. The van der Waals surface area contributed by atoms with E-state index in [-0.39, 0.29) is 23.7 Å². The van der Waals surface area contributed by atoms with Gasteiger partial charge in [0.2, 0.25) is 5.91 Å². The van der Waals surface area contributed by atoms with Gasteiger partial charge in [0.25, 0.3) is 0 Å². The Labute approximate surface area is 191 Å². The Balaban J connectivity index is 1.79. The molecule has 1 unspecified atom stereocenters. The molecule has 33 heavy (non-hydrogen) atoms. The van der Waals surface area contributed by atoms with Gasteiger partial charge in [0, 0.05) is 19.4 Å². The first-order valence-electron chi connectivity index (χ1n) is 10.8. The molecule has 1 amide bonds. The van der Waals surface area contributed by atoms with Crippen LogP contribution in [0.5, 0.6) is 5.75 Å². The Hall–Kier alpha value is -3.10. The number of carbonyl (C=O) groups is 3. The fourth-order valence-electron chi connectivity index (χ4n) is 3.28. The van der Waals surface area contributed by atoms with Gasteiger partial charge in [-0.2, -0.15) is 13.2 Å². The molecule has 0 aromatic heterocycles. The van der Waals surface area contributed by atoms with E-state index in [0.717, 1.165) is 12.1 Å². The Morgan fingerprint density at radius 3 is 2.76 bits per heavy atom. The topological polar surface area (TPSA) is 72.9 Å². The van der Waals surface area contributed by atoms with Crippen molar-refractivity contribution in [2.24, 2.45) is 0 Å². The van der Waals surface area contributed by atoms with Crippen molar-refractivity contribution in [3.05, 3.63) is 54.1 Å². The largest absolute Gasteiger partial charge is 0.485 e. The second kappa shape index (κ2) is 12.8. The van der Waals surface area contributed by atoms with Gasteiger partial charge in [-0.25, -0.2) is 0 Å². The van der Waals surface area contributed by atoms with Crippen LogP contribution < -0.4 is 4.74 Å². The standard InChI is InChI=1S/C24H28F3NO5/c1-2-32-23(31)10-5-3-4-6-15-28-19(12-14-22(28)30)11-13-20(29)17-33-21-9-7-8-18(16-21)24(25,26)27/h4,6-9,11,13,16,19H,2-3,5,10,12,14-15,17H2,1H3/b6-4-,13-11+. The van der Waals surface area contributed by atoms with Crippen LogP contribution in [0, 0.1) is 0 Å². The Kier molecular flexibility index (Phi) is 10.2. The molecule has 180 valence electrons. The number of hydrogen-bond acceptors (Lipinski definition) is 5. The molecule has 0 N–H and O–H groups in total. The Morgan fingerprint density at radius 1 is 1.24 bits per heavy atom. The maximum atomic E-state index is 12.7. The highest BCUT2D eigenvalue weighted by molar-refractivity contribution is 5.91. The van der Waals surface area contributed by atoms with Crippen molar-refractivity contribution in [3.8, 4) is 5.75 Å². The maximum absolute atomic E-state index is 12.7. The zero-order valence-corrected chi connectivity index (χ0v) is 18.5. The van der Waals surface area contributed by atoms with Gasteiger partial charge in [-0.1, -0.05) is 24.3 Å². The molecule has 1 aromatic rings. The van der Waals surface area contributed by atoms with Crippen LogP contribution >= 0.6 is 0 Å². The number of esters is 1. The van der Waals surface area contributed by atoms with Crippen molar-refractivity contribution in [1.29, 1.82) is 0 Å². The van der Waals surface area contributed by atoms with Gasteiger partial charge >= 0.3 is 12.1 Å². The summed E-state index contributed by atoms with van der Waals surface area (Å²) in [7, 11) is 0. The molecule has 6 nitrogen and oxygen atoms in total. The van der Waals surface area contributed by atoms with E-state index in [0.29, 0.717) is 45.3 Å². The number of amides is 1. The molecule has 0 bridgehead atoms. The predicted molar refractivity (Wildman–Crippen MR) is 115 cm³/mol. The van der Waals surface area contributed by atoms with Crippen LogP contribution in [0.2, 0.25) is 0 Å².